The van der Waals surface area contributed by atoms with Crippen LogP contribution in [0.25, 0.3) is 0 Å². The van der Waals surface area contributed by atoms with Crippen LogP contribution in [-0.2, 0) is 0 Å². The van der Waals surface area contributed by atoms with E-state index in [0.29, 0.717) is 12.1 Å². The first-order chi connectivity index (χ1) is 9.54. The Morgan fingerprint density at radius 3 is 2.15 bits per heavy atom. The molecular formula is C15H13F4N. The van der Waals surface area contributed by atoms with Crippen LogP contribution in [0.15, 0.2) is 36.4 Å². The van der Waals surface area contributed by atoms with Crippen molar-refractivity contribution < 1.29 is 17.6 Å². The van der Waals surface area contributed by atoms with E-state index in [0.717, 1.165) is 6.07 Å². The minimum atomic E-state index is -1.51. The SMILES string of the molecule is CCNC(c1ccc(F)cc1)c1ccc(F)c(F)c1F. The van der Waals surface area contributed by atoms with Gasteiger partial charge in [0.1, 0.15) is 5.82 Å². The molecule has 2 rings (SSSR count). The lowest BCUT2D eigenvalue weighted by Gasteiger charge is -2.20. The number of hydrogen-bond donors (Lipinski definition) is 1. The maximum absolute atomic E-state index is 13.9. The average Bonchev–Trinajstić information content (AvgIpc) is 2.44. The third-order valence-corrected chi connectivity index (χ3v) is 2.99. The maximum Gasteiger partial charge on any atom is 0.194 e. The molecule has 5 heteroatoms. The fourth-order valence-electron chi connectivity index (χ4n) is 2.03. The predicted molar refractivity (Wildman–Crippen MR) is 68.2 cm³/mol. The first kappa shape index (κ1) is 14.5. The molecular weight excluding hydrogens is 270 g/mol. The van der Waals surface area contributed by atoms with Gasteiger partial charge >= 0.3 is 0 Å². The molecule has 0 aliphatic heterocycles. The van der Waals surface area contributed by atoms with E-state index in [-0.39, 0.29) is 5.56 Å². The van der Waals surface area contributed by atoms with Crippen LogP contribution in [0.3, 0.4) is 0 Å². The van der Waals surface area contributed by atoms with Crippen molar-refractivity contribution in [1.29, 1.82) is 0 Å². The zero-order chi connectivity index (χ0) is 14.7. The summed E-state index contributed by atoms with van der Waals surface area (Å²) in [6.45, 7) is 2.29. The number of rotatable bonds is 4. The van der Waals surface area contributed by atoms with E-state index in [2.05, 4.69) is 5.32 Å². The van der Waals surface area contributed by atoms with E-state index in [1.807, 2.05) is 0 Å². The van der Waals surface area contributed by atoms with Gasteiger partial charge < -0.3 is 5.32 Å². The van der Waals surface area contributed by atoms with Crippen molar-refractivity contribution in [3.63, 3.8) is 0 Å². The normalized spacial score (nSPS) is 12.4. The summed E-state index contributed by atoms with van der Waals surface area (Å²) in [6, 6.07) is 6.81. The quantitative estimate of drug-likeness (QED) is 0.662. The fraction of sp³-hybridized carbons (Fsp3) is 0.200. The van der Waals surface area contributed by atoms with Crippen molar-refractivity contribution in [2.75, 3.05) is 6.54 Å². The highest BCUT2D eigenvalue weighted by Crippen LogP contribution is 2.27. The molecule has 0 aliphatic carbocycles. The number of benzene rings is 2. The Morgan fingerprint density at radius 2 is 1.55 bits per heavy atom. The molecule has 1 nitrogen and oxygen atoms in total. The third kappa shape index (κ3) is 2.82. The van der Waals surface area contributed by atoms with Crippen molar-refractivity contribution >= 4 is 0 Å². The first-order valence-corrected chi connectivity index (χ1v) is 6.16. The molecule has 2 aromatic carbocycles. The Labute approximate surface area is 114 Å². The molecule has 0 saturated heterocycles. The summed E-state index contributed by atoms with van der Waals surface area (Å²) in [7, 11) is 0. The van der Waals surface area contributed by atoms with Crippen molar-refractivity contribution in [1.82, 2.24) is 5.32 Å². The van der Waals surface area contributed by atoms with Crippen molar-refractivity contribution in [2.45, 2.75) is 13.0 Å². The summed E-state index contributed by atoms with van der Waals surface area (Å²) in [6.07, 6.45) is 0. The molecule has 0 heterocycles. The highest BCUT2D eigenvalue weighted by Gasteiger charge is 2.21. The molecule has 0 amide bonds. The second-order valence-corrected chi connectivity index (χ2v) is 4.31. The molecule has 0 fully saturated rings. The lowest BCUT2D eigenvalue weighted by molar-refractivity contribution is 0.433. The van der Waals surface area contributed by atoms with Gasteiger partial charge in [-0.1, -0.05) is 25.1 Å². The van der Waals surface area contributed by atoms with Gasteiger partial charge in [0.15, 0.2) is 17.5 Å². The lowest BCUT2D eigenvalue weighted by atomic mass is 9.98. The monoisotopic (exact) mass is 283 g/mol. The summed E-state index contributed by atoms with van der Waals surface area (Å²) < 4.78 is 53.1. The molecule has 1 N–H and O–H groups in total. The van der Waals surface area contributed by atoms with Crippen LogP contribution >= 0.6 is 0 Å². The minimum Gasteiger partial charge on any atom is -0.306 e. The highest BCUT2D eigenvalue weighted by atomic mass is 19.2. The smallest absolute Gasteiger partial charge is 0.194 e. The van der Waals surface area contributed by atoms with Gasteiger partial charge in [0.2, 0.25) is 0 Å². The van der Waals surface area contributed by atoms with E-state index >= 15 is 0 Å². The number of halogens is 4. The summed E-state index contributed by atoms with van der Waals surface area (Å²) in [5, 5.41) is 2.97. The molecule has 0 spiro atoms. The van der Waals surface area contributed by atoms with Crippen molar-refractivity contribution in [2.24, 2.45) is 0 Å². The van der Waals surface area contributed by atoms with Crippen LogP contribution in [0.5, 0.6) is 0 Å². The number of hydrogen-bond acceptors (Lipinski definition) is 1. The van der Waals surface area contributed by atoms with Crippen molar-refractivity contribution in [3.05, 3.63) is 70.8 Å². The predicted octanol–water partition coefficient (Wildman–Crippen LogP) is 3.94. The van der Waals surface area contributed by atoms with Gasteiger partial charge in [-0.05, 0) is 30.3 Å². The van der Waals surface area contributed by atoms with Crippen LogP contribution < -0.4 is 5.32 Å². The Morgan fingerprint density at radius 1 is 0.900 bits per heavy atom. The van der Waals surface area contributed by atoms with Crippen LogP contribution in [0.4, 0.5) is 17.6 Å². The molecule has 0 aromatic heterocycles. The van der Waals surface area contributed by atoms with Gasteiger partial charge in [-0.2, -0.15) is 0 Å². The molecule has 0 radical (unpaired) electrons. The minimum absolute atomic E-state index is 0.0163. The van der Waals surface area contributed by atoms with Crippen molar-refractivity contribution in [3.8, 4) is 0 Å². The molecule has 0 aliphatic rings. The van der Waals surface area contributed by atoms with E-state index < -0.39 is 29.3 Å². The van der Waals surface area contributed by atoms with Crippen LogP contribution in [0.2, 0.25) is 0 Å². The molecule has 20 heavy (non-hydrogen) atoms. The Kier molecular flexibility index (Phi) is 4.39. The third-order valence-electron chi connectivity index (χ3n) is 2.99. The topological polar surface area (TPSA) is 12.0 Å². The lowest BCUT2D eigenvalue weighted by Crippen LogP contribution is -2.23. The Hall–Kier alpha value is -1.88. The standard InChI is InChI=1S/C15H13F4N/c1-2-20-15(9-3-5-10(16)6-4-9)11-7-8-12(17)14(19)13(11)18/h3-8,15,20H,2H2,1H3. The zero-order valence-corrected chi connectivity index (χ0v) is 10.8. The van der Waals surface area contributed by atoms with E-state index in [4.69, 9.17) is 0 Å². The second kappa shape index (κ2) is 6.05. The van der Waals surface area contributed by atoms with Gasteiger partial charge in [-0.25, -0.2) is 17.6 Å². The Bertz CT molecular complexity index is 596. The van der Waals surface area contributed by atoms with E-state index in [1.165, 1.54) is 30.3 Å². The second-order valence-electron chi connectivity index (χ2n) is 4.31. The zero-order valence-electron chi connectivity index (χ0n) is 10.8. The molecule has 0 saturated carbocycles. The number of nitrogens with one attached hydrogen (secondary N) is 1. The van der Waals surface area contributed by atoms with E-state index in [9.17, 15) is 17.6 Å². The molecule has 2 aromatic rings. The molecule has 1 unspecified atom stereocenters. The summed E-state index contributed by atoms with van der Waals surface area (Å²) in [5.74, 6) is -4.40. The average molecular weight is 283 g/mol. The molecule has 106 valence electrons. The first-order valence-electron chi connectivity index (χ1n) is 6.16. The summed E-state index contributed by atoms with van der Waals surface area (Å²) in [4.78, 5) is 0. The van der Waals surface area contributed by atoms with Gasteiger partial charge in [-0.15, -0.1) is 0 Å². The van der Waals surface area contributed by atoms with Gasteiger partial charge in [0.25, 0.3) is 0 Å². The van der Waals surface area contributed by atoms with Crippen LogP contribution in [-0.4, -0.2) is 6.54 Å². The molecule has 1 atom stereocenters. The van der Waals surface area contributed by atoms with Gasteiger partial charge in [0, 0.05) is 5.56 Å². The van der Waals surface area contributed by atoms with Gasteiger partial charge in [0.05, 0.1) is 6.04 Å². The van der Waals surface area contributed by atoms with Crippen LogP contribution in [0, 0.1) is 23.3 Å². The summed E-state index contributed by atoms with van der Waals surface area (Å²) >= 11 is 0. The largest absolute Gasteiger partial charge is 0.306 e. The van der Waals surface area contributed by atoms with Crippen LogP contribution in [0.1, 0.15) is 24.1 Å². The fourth-order valence-corrected chi connectivity index (χ4v) is 2.03. The van der Waals surface area contributed by atoms with E-state index in [1.54, 1.807) is 6.92 Å². The Balaban J connectivity index is 2.48. The highest BCUT2D eigenvalue weighted by molar-refractivity contribution is 5.33. The molecule has 0 bridgehead atoms. The van der Waals surface area contributed by atoms with Gasteiger partial charge in [-0.3, -0.25) is 0 Å². The summed E-state index contributed by atoms with van der Waals surface area (Å²) in [5.41, 5.74) is 0.551. The maximum atomic E-state index is 13.9.